The summed E-state index contributed by atoms with van der Waals surface area (Å²) in [5, 5.41) is 3.21. The molecule has 4 rings (SSSR count). The van der Waals surface area contributed by atoms with E-state index in [9.17, 15) is 0 Å². The Bertz CT molecular complexity index is 971. The molecule has 2 aromatic carbocycles. The molecule has 0 amide bonds. The fourth-order valence-corrected chi connectivity index (χ4v) is 14.0. The van der Waals surface area contributed by atoms with Gasteiger partial charge in [-0.3, -0.25) is 0 Å². The first kappa shape index (κ1) is 26.0. The highest BCUT2D eigenvalue weighted by atomic mass is 31.1. The third-order valence-electron chi connectivity index (χ3n) is 8.48. The van der Waals surface area contributed by atoms with Gasteiger partial charge >= 0.3 is 0 Å². The minimum Gasteiger partial charge on any atom is -0.496 e. The van der Waals surface area contributed by atoms with E-state index in [1.54, 1.807) is 10.6 Å². The monoisotopic (exact) mass is 498 g/mol. The molecule has 0 spiro atoms. The smallest absolute Gasteiger partial charge is 0.125 e. The van der Waals surface area contributed by atoms with Gasteiger partial charge in [-0.15, -0.1) is 0 Å². The van der Waals surface area contributed by atoms with E-state index < -0.39 is 0 Å². The molecule has 2 aliphatic rings. The van der Waals surface area contributed by atoms with Crippen LogP contribution >= 0.6 is 15.8 Å². The first-order chi connectivity index (χ1) is 16.1. The quantitative estimate of drug-likeness (QED) is 0.389. The molecule has 2 aromatic rings. The topological polar surface area (TPSA) is 18.5 Å². The predicted octanol–water partition coefficient (Wildman–Crippen LogP) is 7.96. The second-order valence-corrected chi connectivity index (χ2v) is 17.0. The van der Waals surface area contributed by atoms with Crippen LogP contribution in [0.3, 0.4) is 0 Å². The fraction of sp³-hybridized carbons (Fsp3) is 0.600. The third kappa shape index (κ3) is 4.22. The van der Waals surface area contributed by atoms with Crippen LogP contribution in [-0.4, -0.2) is 36.9 Å². The molecule has 4 atom stereocenters. The van der Waals surface area contributed by atoms with Crippen LogP contribution in [0.15, 0.2) is 12.1 Å². The number of hydrogen-bond donors (Lipinski definition) is 0. The van der Waals surface area contributed by atoms with Crippen LogP contribution in [0.5, 0.6) is 11.5 Å². The number of hydrogen-bond acceptors (Lipinski definition) is 2. The second-order valence-electron chi connectivity index (χ2n) is 10.9. The van der Waals surface area contributed by atoms with Crippen molar-refractivity contribution in [2.75, 3.05) is 14.2 Å². The van der Waals surface area contributed by atoms with E-state index in [4.69, 9.17) is 9.47 Å². The fourth-order valence-electron chi connectivity index (χ4n) is 6.89. The van der Waals surface area contributed by atoms with Gasteiger partial charge in [-0.25, -0.2) is 0 Å². The highest BCUT2D eigenvalue weighted by Crippen LogP contribution is 2.60. The maximum absolute atomic E-state index is 6.02. The zero-order valence-electron chi connectivity index (χ0n) is 23.0. The van der Waals surface area contributed by atoms with Crippen LogP contribution in [0, 0.1) is 27.7 Å². The lowest BCUT2D eigenvalue weighted by atomic mass is 9.92. The Labute approximate surface area is 210 Å². The molecule has 0 N–H and O–H groups in total. The van der Waals surface area contributed by atoms with Gasteiger partial charge in [0.2, 0.25) is 0 Å². The van der Waals surface area contributed by atoms with Crippen molar-refractivity contribution in [3.8, 4) is 22.6 Å². The summed E-state index contributed by atoms with van der Waals surface area (Å²) in [6.45, 7) is 19.0. The number of benzene rings is 2. The van der Waals surface area contributed by atoms with Crippen LogP contribution in [-0.2, 0) is 0 Å². The Balaban J connectivity index is 2.12. The highest BCUT2D eigenvalue weighted by molar-refractivity contribution is 7.68. The van der Waals surface area contributed by atoms with E-state index in [1.165, 1.54) is 59.1 Å². The largest absolute Gasteiger partial charge is 0.496 e. The van der Waals surface area contributed by atoms with Gasteiger partial charge in [0, 0.05) is 0 Å². The number of methoxy groups -OCH3 is 2. The van der Waals surface area contributed by atoms with Crippen molar-refractivity contribution < 1.29 is 9.47 Å². The van der Waals surface area contributed by atoms with Crippen molar-refractivity contribution in [2.24, 2.45) is 0 Å². The standard InChI is InChI=1S/C30H44O2P2/c1-17-15-25(33-19(3)11-12-20(33)4)27(23(7)29(17)31-9)28-24(8)30(32-10)18(2)16-26(28)34-21(5)13-14-22(34)6/h15-16,19-22H,11-14H2,1-10H3/t19-,20-,21-,22-/m0/s1. The van der Waals surface area contributed by atoms with E-state index in [-0.39, 0.29) is 15.8 Å². The molecule has 186 valence electrons. The molecule has 0 aliphatic carbocycles. The van der Waals surface area contributed by atoms with E-state index in [0.29, 0.717) is 0 Å². The summed E-state index contributed by atoms with van der Waals surface area (Å²) in [5.41, 5.74) is 11.2. The molecule has 34 heavy (non-hydrogen) atoms. The summed E-state index contributed by atoms with van der Waals surface area (Å²) in [6, 6.07) is 4.99. The Morgan fingerprint density at radius 3 is 1.15 bits per heavy atom. The Kier molecular flexibility index (Phi) is 7.72. The van der Waals surface area contributed by atoms with Crippen LogP contribution in [0.4, 0.5) is 0 Å². The number of aryl methyl sites for hydroxylation is 2. The van der Waals surface area contributed by atoms with Gasteiger partial charge in [-0.1, -0.05) is 43.5 Å². The normalized spacial score (nSPS) is 25.8. The molecule has 2 aliphatic heterocycles. The first-order valence-corrected chi connectivity index (χ1v) is 16.0. The summed E-state index contributed by atoms with van der Waals surface area (Å²) in [4.78, 5) is 0. The summed E-state index contributed by atoms with van der Waals surface area (Å²) < 4.78 is 12.0. The van der Waals surface area contributed by atoms with Crippen molar-refractivity contribution in [1.82, 2.24) is 0 Å². The minimum atomic E-state index is -0.227. The van der Waals surface area contributed by atoms with Crippen LogP contribution in [0.2, 0.25) is 0 Å². The highest BCUT2D eigenvalue weighted by Gasteiger charge is 2.38. The third-order valence-corrected chi connectivity index (χ3v) is 15.1. The summed E-state index contributed by atoms with van der Waals surface area (Å²) in [6.07, 6.45) is 5.39. The number of rotatable bonds is 5. The van der Waals surface area contributed by atoms with Crippen molar-refractivity contribution in [3.05, 3.63) is 34.4 Å². The molecule has 0 unspecified atom stereocenters. The van der Waals surface area contributed by atoms with E-state index in [1.807, 2.05) is 14.2 Å². The summed E-state index contributed by atoms with van der Waals surface area (Å²) >= 11 is 0. The molecule has 4 heteroatoms. The zero-order valence-corrected chi connectivity index (χ0v) is 24.8. The van der Waals surface area contributed by atoms with Crippen LogP contribution in [0.25, 0.3) is 11.1 Å². The van der Waals surface area contributed by atoms with E-state index >= 15 is 0 Å². The lowest BCUT2D eigenvalue weighted by Gasteiger charge is -2.32. The average Bonchev–Trinajstić information content (AvgIpc) is 3.29. The molecule has 0 saturated carbocycles. The van der Waals surface area contributed by atoms with Gasteiger partial charge in [0.1, 0.15) is 11.5 Å². The zero-order chi connectivity index (χ0) is 24.9. The van der Waals surface area contributed by atoms with Gasteiger partial charge < -0.3 is 9.47 Å². The second kappa shape index (κ2) is 10.1. The maximum Gasteiger partial charge on any atom is 0.125 e. The van der Waals surface area contributed by atoms with Gasteiger partial charge in [0.05, 0.1) is 14.2 Å². The van der Waals surface area contributed by atoms with Crippen molar-refractivity contribution in [1.29, 1.82) is 0 Å². The lowest BCUT2D eigenvalue weighted by Crippen LogP contribution is -2.22. The van der Waals surface area contributed by atoms with Gasteiger partial charge in [0.25, 0.3) is 0 Å². The van der Waals surface area contributed by atoms with Crippen molar-refractivity contribution >= 4 is 26.5 Å². The molecule has 2 fully saturated rings. The molecule has 0 aromatic heterocycles. The Hall–Kier alpha value is -1.10. The van der Waals surface area contributed by atoms with Gasteiger partial charge in [-0.05, 0) is 132 Å². The number of ether oxygens (including phenoxy) is 2. The van der Waals surface area contributed by atoms with Gasteiger partial charge in [-0.2, -0.15) is 0 Å². The molecule has 0 bridgehead atoms. The molecule has 2 heterocycles. The van der Waals surface area contributed by atoms with Crippen molar-refractivity contribution in [3.63, 3.8) is 0 Å². The predicted molar refractivity (Wildman–Crippen MR) is 153 cm³/mol. The van der Waals surface area contributed by atoms with Crippen molar-refractivity contribution in [2.45, 2.75) is 104 Å². The maximum atomic E-state index is 6.02. The minimum absolute atomic E-state index is 0.227. The van der Waals surface area contributed by atoms with Gasteiger partial charge in [0.15, 0.2) is 0 Å². The Morgan fingerprint density at radius 1 is 0.588 bits per heavy atom. The summed E-state index contributed by atoms with van der Waals surface area (Å²) in [7, 11) is 3.21. The van der Waals surface area contributed by atoms with E-state index in [2.05, 4.69) is 67.5 Å². The molecule has 0 radical (unpaired) electrons. The van der Waals surface area contributed by atoms with Crippen LogP contribution in [0.1, 0.15) is 75.6 Å². The average molecular weight is 499 g/mol. The molecule has 2 nitrogen and oxygen atoms in total. The summed E-state index contributed by atoms with van der Waals surface area (Å²) in [5.74, 6) is 2.11. The Morgan fingerprint density at radius 2 is 0.882 bits per heavy atom. The SMILES string of the molecule is COc1c(C)cc(P2[C@@H](C)CC[C@@H]2C)c(-c2c(P3[C@@H](C)CC[C@@H]3C)cc(C)c(OC)c2C)c1C. The van der Waals surface area contributed by atoms with Crippen LogP contribution < -0.4 is 20.1 Å². The molecular formula is C30H44O2P2. The lowest BCUT2D eigenvalue weighted by molar-refractivity contribution is 0.408. The first-order valence-electron chi connectivity index (χ1n) is 13.1. The molecule has 2 saturated heterocycles. The molecular weight excluding hydrogens is 454 g/mol. The van der Waals surface area contributed by atoms with E-state index in [0.717, 1.165) is 34.1 Å².